The molecule has 0 aromatic carbocycles. The van der Waals surface area contributed by atoms with Gasteiger partial charge in [0.1, 0.15) is 30.8 Å². The second-order valence-electron chi connectivity index (χ2n) is 10.4. The van der Waals surface area contributed by atoms with Crippen LogP contribution in [0.5, 0.6) is 0 Å². The molecule has 0 saturated carbocycles. The molecule has 3 fully saturated rings. The molecule has 24 heteroatoms. The number of nitrogen functional groups attached to an aromatic ring is 2. The molecule has 0 amide bonds. The fourth-order valence-electron chi connectivity index (χ4n) is 5.53. The van der Waals surface area contributed by atoms with Gasteiger partial charge in [-0.3, -0.25) is 46.8 Å². The fraction of sp³-hybridized carbons (Fsp3) is 0.524. The summed E-state index contributed by atoms with van der Waals surface area (Å²) < 4.78 is 62.2. The Labute approximate surface area is 249 Å². The molecule has 8 N–H and O–H groups in total. The third kappa shape index (κ3) is 5.81. The van der Waals surface area contributed by atoms with E-state index < -0.39 is 70.2 Å². The lowest BCUT2D eigenvalue weighted by Crippen LogP contribution is -2.29. The Morgan fingerprint density at radius 3 is 1.82 bits per heavy atom. The number of phosphoric acid groups is 2. The standard InChI is InChI=1S/C21H26N10O12P2/c22-20-26-16-14(18(32)28-20)24-6-30(16)12-3-9-8(40-12)1-2-38-44(34,35)43-10-4-13(41-11(10)5-39-45(36,37)42-9)31-7-25-15-17(31)27-21(23)29-19(15)33/h6-13H,1-5H2,(H,34,35)(H,36,37)(H3,22,26,28,32)(H3,23,27,29,33)/t8-,9?,10?,11+,12-,13-/m1/s1. The van der Waals surface area contributed by atoms with Crippen molar-refractivity contribution in [1.82, 2.24) is 39.0 Å². The lowest BCUT2D eigenvalue weighted by Gasteiger charge is -2.22. The van der Waals surface area contributed by atoms with Gasteiger partial charge in [0.25, 0.3) is 11.1 Å². The largest absolute Gasteiger partial charge is 0.472 e. The highest BCUT2D eigenvalue weighted by molar-refractivity contribution is 7.47. The Bertz CT molecular complexity index is 1990. The van der Waals surface area contributed by atoms with Crippen LogP contribution in [0.15, 0.2) is 22.2 Å². The van der Waals surface area contributed by atoms with Crippen molar-refractivity contribution in [2.45, 2.75) is 56.1 Å². The predicted molar refractivity (Wildman–Crippen MR) is 148 cm³/mol. The number of nitrogens with zero attached hydrogens (tertiary/aromatic N) is 6. The average molecular weight is 672 g/mol. The number of anilines is 2. The van der Waals surface area contributed by atoms with Gasteiger partial charge in [-0.1, -0.05) is 0 Å². The minimum atomic E-state index is -4.80. The Morgan fingerprint density at radius 1 is 0.778 bits per heavy atom. The first-order valence-corrected chi connectivity index (χ1v) is 16.4. The molecule has 242 valence electrons. The smallest absolute Gasteiger partial charge is 0.369 e. The molecule has 0 bridgehead atoms. The Kier molecular flexibility index (Phi) is 7.40. The minimum absolute atomic E-state index is 0.00659. The van der Waals surface area contributed by atoms with Crippen molar-refractivity contribution in [3.8, 4) is 0 Å². The van der Waals surface area contributed by atoms with Crippen LogP contribution >= 0.6 is 15.6 Å². The molecule has 22 nitrogen and oxygen atoms in total. The number of aromatic nitrogens is 8. The molecule has 7 heterocycles. The summed E-state index contributed by atoms with van der Waals surface area (Å²) >= 11 is 0. The van der Waals surface area contributed by atoms with Gasteiger partial charge in [-0.25, -0.2) is 19.1 Å². The van der Waals surface area contributed by atoms with Crippen LogP contribution in [0.4, 0.5) is 11.9 Å². The molecule has 3 saturated heterocycles. The summed E-state index contributed by atoms with van der Waals surface area (Å²) in [5.74, 6) is -0.330. The van der Waals surface area contributed by atoms with E-state index in [1.165, 1.54) is 21.8 Å². The molecule has 3 aliphatic heterocycles. The van der Waals surface area contributed by atoms with Gasteiger partial charge >= 0.3 is 15.6 Å². The van der Waals surface area contributed by atoms with Crippen molar-refractivity contribution in [2.75, 3.05) is 24.7 Å². The highest BCUT2D eigenvalue weighted by Gasteiger charge is 2.46. The zero-order valence-corrected chi connectivity index (χ0v) is 24.7. The first-order chi connectivity index (χ1) is 21.4. The average Bonchev–Trinajstić information content (AvgIpc) is 3.72. The summed E-state index contributed by atoms with van der Waals surface area (Å²) in [5.41, 5.74) is 10.3. The van der Waals surface area contributed by atoms with Gasteiger partial charge in [-0.05, 0) is 0 Å². The number of phosphoric ester groups is 2. The summed E-state index contributed by atoms with van der Waals surface area (Å²) in [4.78, 5) is 66.6. The minimum Gasteiger partial charge on any atom is -0.369 e. The van der Waals surface area contributed by atoms with Crippen molar-refractivity contribution in [1.29, 1.82) is 0 Å². The molecule has 0 aliphatic carbocycles. The fourth-order valence-corrected chi connectivity index (χ4v) is 7.46. The number of rotatable bonds is 2. The molecule has 45 heavy (non-hydrogen) atoms. The normalized spacial score (nSPS) is 34.6. The first-order valence-electron chi connectivity index (χ1n) is 13.4. The molecule has 7 rings (SSSR count). The Balaban J connectivity index is 1.13. The molecule has 8 atom stereocenters. The van der Waals surface area contributed by atoms with Gasteiger partial charge in [0, 0.05) is 19.3 Å². The van der Waals surface area contributed by atoms with Gasteiger partial charge in [0.05, 0.1) is 32.0 Å². The molecule has 4 aromatic rings. The van der Waals surface area contributed by atoms with E-state index in [-0.39, 0.29) is 60.1 Å². The van der Waals surface area contributed by atoms with E-state index in [2.05, 4.69) is 29.9 Å². The molecule has 0 radical (unpaired) electrons. The summed E-state index contributed by atoms with van der Waals surface area (Å²) in [6, 6.07) is 0. The zero-order valence-electron chi connectivity index (χ0n) is 22.9. The van der Waals surface area contributed by atoms with Gasteiger partial charge in [0.15, 0.2) is 22.3 Å². The summed E-state index contributed by atoms with van der Waals surface area (Å²) in [7, 11) is -9.52. The van der Waals surface area contributed by atoms with Gasteiger partial charge < -0.3 is 30.7 Å². The number of hydrogen-bond acceptors (Lipinski definition) is 16. The zero-order chi connectivity index (χ0) is 31.7. The second-order valence-corrected chi connectivity index (χ2v) is 13.2. The lowest BCUT2D eigenvalue weighted by molar-refractivity contribution is -0.0464. The van der Waals surface area contributed by atoms with Crippen LogP contribution in [0.25, 0.3) is 22.3 Å². The van der Waals surface area contributed by atoms with Crippen molar-refractivity contribution in [3.05, 3.63) is 33.4 Å². The Hall–Kier alpha value is -3.56. The predicted octanol–water partition coefficient (Wildman–Crippen LogP) is -0.600. The molecule has 0 spiro atoms. The summed E-state index contributed by atoms with van der Waals surface area (Å²) in [5, 5.41) is 0. The molecular formula is C21H26N10O12P2. The maximum absolute atomic E-state index is 13.1. The number of hydrogen-bond donors (Lipinski definition) is 6. The number of nitrogens with two attached hydrogens (primary N) is 2. The number of ether oxygens (including phenoxy) is 2. The second kappa shape index (κ2) is 11.1. The highest BCUT2D eigenvalue weighted by Crippen LogP contribution is 2.53. The van der Waals surface area contributed by atoms with Crippen LogP contribution in [0.2, 0.25) is 0 Å². The van der Waals surface area contributed by atoms with Crippen molar-refractivity contribution < 1.29 is 46.5 Å². The van der Waals surface area contributed by atoms with E-state index in [9.17, 15) is 28.5 Å². The lowest BCUT2D eigenvalue weighted by atomic mass is 10.1. The van der Waals surface area contributed by atoms with Crippen LogP contribution < -0.4 is 22.6 Å². The molecular weight excluding hydrogens is 646 g/mol. The SMILES string of the molecule is Nc1nc2c(ncn2[C@H]2CC3OP(=O)(O)OCC[C@H]4O[C@@H](n5cnc6c(=O)[nH]c(N)nc65)CC4OP(=O)(O)OC[C@@H]3O2)c(=O)[nH]1. The van der Waals surface area contributed by atoms with Crippen molar-refractivity contribution in [2.24, 2.45) is 0 Å². The number of aromatic amines is 2. The van der Waals surface area contributed by atoms with E-state index in [0.29, 0.717) is 0 Å². The van der Waals surface area contributed by atoms with Crippen molar-refractivity contribution >= 4 is 49.9 Å². The maximum atomic E-state index is 13.1. The van der Waals surface area contributed by atoms with Gasteiger partial charge in [-0.2, -0.15) is 9.97 Å². The van der Waals surface area contributed by atoms with E-state index in [1.807, 2.05) is 0 Å². The summed E-state index contributed by atoms with van der Waals surface area (Å²) in [6.07, 6.45) is -3.84. The number of nitrogens with one attached hydrogen (secondary N) is 2. The highest BCUT2D eigenvalue weighted by atomic mass is 31.2. The number of fused-ring (bicyclic) bond motifs is 4. The van der Waals surface area contributed by atoms with Crippen LogP contribution in [0.1, 0.15) is 31.7 Å². The Morgan fingerprint density at radius 2 is 1.27 bits per heavy atom. The molecule has 3 aliphatic rings. The van der Waals surface area contributed by atoms with Crippen LogP contribution in [0.3, 0.4) is 0 Å². The third-order valence-electron chi connectivity index (χ3n) is 7.48. The van der Waals surface area contributed by atoms with Crippen molar-refractivity contribution in [3.63, 3.8) is 0 Å². The molecule has 4 aromatic heterocycles. The summed E-state index contributed by atoms with van der Waals surface area (Å²) in [6.45, 7) is -0.992. The van der Waals surface area contributed by atoms with Gasteiger partial charge in [0.2, 0.25) is 11.9 Å². The number of imidazole rings is 2. The third-order valence-corrected chi connectivity index (χ3v) is 9.54. The van der Waals surface area contributed by atoms with E-state index in [1.54, 1.807) is 0 Å². The number of H-pyrrole nitrogens is 2. The maximum Gasteiger partial charge on any atom is 0.472 e. The first kappa shape index (κ1) is 30.1. The van der Waals surface area contributed by atoms with Crippen LogP contribution in [0, 0.1) is 0 Å². The monoisotopic (exact) mass is 672 g/mol. The topological polar surface area (TPSA) is 309 Å². The van der Waals surface area contributed by atoms with E-state index in [4.69, 9.17) is 39.0 Å². The molecule has 4 unspecified atom stereocenters. The van der Waals surface area contributed by atoms with E-state index in [0.717, 1.165) is 0 Å². The van der Waals surface area contributed by atoms with Crippen LogP contribution in [-0.4, -0.2) is 86.5 Å². The van der Waals surface area contributed by atoms with Crippen LogP contribution in [-0.2, 0) is 36.7 Å². The van der Waals surface area contributed by atoms with E-state index >= 15 is 0 Å². The van der Waals surface area contributed by atoms with Gasteiger partial charge in [-0.15, -0.1) is 0 Å². The quantitative estimate of drug-likeness (QED) is 0.145.